The molecule has 0 saturated carbocycles. The van der Waals surface area contributed by atoms with Crippen LogP contribution in [0.1, 0.15) is 183 Å². The van der Waals surface area contributed by atoms with Crippen molar-refractivity contribution in [2.45, 2.75) is 167 Å². The van der Waals surface area contributed by atoms with Gasteiger partial charge >= 0.3 is 318 Å². The minimum absolute atomic E-state index is 0. The predicted molar refractivity (Wildman–Crippen MR) is 223 cm³/mol. The van der Waals surface area contributed by atoms with E-state index in [0.29, 0.717) is 8.45 Å². The smallest absolute Gasteiger partial charge is 1.00 e. The first-order valence-corrected chi connectivity index (χ1v) is 26.0. The summed E-state index contributed by atoms with van der Waals surface area (Å²) in [5.74, 6) is 0. The summed E-state index contributed by atoms with van der Waals surface area (Å²) in [4.78, 5) is 0. The maximum atomic E-state index is 2.80. The van der Waals surface area contributed by atoms with E-state index < -0.39 is 0 Å². The first-order valence-electron chi connectivity index (χ1n) is 20.7. The van der Waals surface area contributed by atoms with Gasteiger partial charge in [-0.25, -0.2) is 0 Å². The van der Waals surface area contributed by atoms with Gasteiger partial charge in [0.25, 0.3) is 0 Å². The van der Waals surface area contributed by atoms with Gasteiger partial charge in [0.1, 0.15) is 0 Å². The van der Waals surface area contributed by atoms with Crippen LogP contribution >= 0.6 is 15.8 Å². The van der Waals surface area contributed by atoms with E-state index in [9.17, 15) is 0 Å². The largest absolute Gasteiger partial charge is 1.00 e. The van der Waals surface area contributed by atoms with Crippen molar-refractivity contribution in [3.8, 4) is 0 Å². The van der Waals surface area contributed by atoms with Crippen LogP contribution in [0.15, 0.2) is 34.9 Å². The number of benzene rings is 2. The second kappa shape index (κ2) is 25.3. The van der Waals surface area contributed by atoms with Gasteiger partial charge in [-0.05, 0) is 0 Å². The molecule has 0 radical (unpaired) electrons. The summed E-state index contributed by atoms with van der Waals surface area (Å²) in [5.41, 5.74) is 13.0. The molecule has 0 saturated heterocycles. The number of aryl methyl sites for hydroxylation is 4. The standard InChI is InChI=1S/2C23H36P.2ClH.Ti/c2*1-5-7-9-11-15-24(16-12-10-8-6-2)21-17-22-19(3)13-14-20(4)23(22)18-21;;;/h2*13-14,17-18H,5-12,15-16H2,1-4H3;2*1H;/q;;;;+2/p-2. The van der Waals surface area contributed by atoms with E-state index in [0.717, 1.165) is 0 Å². The third-order valence-electron chi connectivity index (χ3n) is 11.4. The molecular weight excluding hydrogens is 733 g/mol. The quantitative estimate of drug-likeness (QED) is 0.0564. The van der Waals surface area contributed by atoms with Crippen LogP contribution in [-0.2, 0) is 19.2 Å². The van der Waals surface area contributed by atoms with Gasteiger partial charge in [0.15, 0.2) is 0 Å². The molecule has 0 aromatic heterocycles. The second-order valence-electron chi connectivity index (χ2n) is 15.4. The Morgan fingerprint density at radius 2 is 0.725 bits per heavy atom. The van der Waals surface area contributed by atoms with Crippen molar-refractivity contribution in [3.63, 3.8) is 0 Å². The summed E-state index contributed by atoms with van der Waals surface area (Å²) in [7, 11) is -0.171. The minimum atomic E-state index is -0.361. The zero-order chi connectivity index (χ0) is 35.2. The number of halogens is 2. The van der Waals surface area contributed by atoms with E-state index in [1.165, 1.54) is 139 Å². The van der Waals surface area contributed by atoms with Gasteiger partial charge in [-0.2, -0.15) is 0 Å². The average molecular weight is 806 g/mol. The van der Waals surface area contributed by atoms with E-state index >= 15 is 0 Å². The molecule has 2 atom stereocenters. The van der Waals surface area contributed by atoms with Crippen LogP contribution in [0.5, 0.6) is 0 Å². The van der Waals surface area contributed by atoms with E-state index in [-0.39, 0.29) is 59.8 Å². The molecule has 0 spiro atoms. The Morgan fingerprint density at radius 3 is 1.02 bits per heavy atom. The minimum Gasteiger partial charge on any atom is -1.00 e. The molecule has 0 aliphatic heterocycles. The molecule has 0 nitrogen and oxygen atoms in total. The molecule has 0 N–H and O–H groups in total. The Morgan fingerprint density at radius 1 is 0.431 bits per heavy atom. The molecular formula is C46H72Cl2P2Ti. The van der Waals surface area contributed by atoms with Crippen molar-refractivity contribution >= 4 is 28.0 Å². The second-order valence-corrected chi connectivity index (χ2v) is 22.7. The average Bonchev–Trinajstić information content (AvgIpc) is 3.68. The van der Waals surface area contributed by atoms with E-state index in [4.69, 9.17) is 0 Å². The first-order chi connectivity index (χ1) is 23.9. The molecule has 2 aliphatic carbocycles. The van der Waals surface area contributed by atoms with Crippen molar-refractivity contribution in [2.75, 3.05) is 24.6 Å². The summed E-state index contributed by atoms with van der Waals surface area (Å²) in [6, 6.07) is 9.78. The van der Waals surface area contributed by atoms with Crippen LogP contribution in [0, 0.1) is 27.7 Å². The molecule has 0 fully saturated rings. The summed E-state index contributed by atoms with van der Waals surface area (Å²) >= 11 is -0.361. The maximum Gasteiger partial charge on any atom is -1.00 e. The van der Waals surface area contributed by atoms with Crippen LogP contribution in [-0.4, -0.2) is 24.6 Å². The SMILES string of the molecule is CCCCCCP(CCCCCC)C1=Cc2c(C)ccc(C)c2[CH]1[Ti+2][CH]1C(P(CCCCCC)CCCCCC)=Cc2c(C)ccc(C)c21.[Cl-].[Cl-]. The Hall–Kier alpha value is 0.0743. The molecule has 0 bridgehead atoms. The molecule has 4 rings (SSSR count). The topological polar surface area (TPSA) is 0 Å². The molecule has 51 heavy (non-hydrogen) atoms. The Bertz CT molecular complexity index is 1250. The normalized spacial score (nSPS) is 16.0. The predicted octanol–water partition coefficient (Wildman–Crippen LogP) is 9.79. The molecule has 2 aromatic rings. The van der Waals surface area contributed by atoms with E-state index in [1.807, 2.05) is 10.6 Å². The van der Waals surface area contributed by atoms with E-state index in [1.54, 1.807) is 33.4 Å². The molecule has 2 unspecified atom stereocenters. The van der Waals surface area contributed by atoms with Crippen LogP contribution in [0.4, 0.5) is 0 Å². The van der Waals surface area contributed by atoms with Gasteiger partial charge in [0.05, 0.1) is 0 Å². The van der Waals surface area contributed by atoms with Crippen LogP contribution < -0.4 is 24.8 Å². The zero-order valence-electron chi connectivity index (χ0n) is 33.9. The Kier molecular flexibility index (Phi) is 23.4. The van der Waals surface area contributed by atoms with Gasteiger partial charge in [0, 0.05) is 0 Å². The van der Waals surface area contributed by atoms with Gasteiger partial charge in [-0.1, -0.05) is 0 Å². The van der Waals surface area contributed by atoms with Gasteiger partial charge < -0.3 is 24.8 Å². The maximum absolute atomic E-state index is 2.80. The number of hydrogen-bond donors (Lipinski definition) is 0. The Balaban J connectivity index is 0.00000451. The van der Waals surface area contributed by atoms with E-state index in [2.05, 4.69) is 91.8 Å². The fraction of sp³-hybridized carbons (Fsp3) is 0.652. The van der Waals surface area contributed by atoms with Crippen LogP contribution in [0.25, 0.3) is 12.2 Å². The molecule has 0 amide bonds. The van der Waals surface area contributed by atoms with Crippen molar-refractivity contribution in [2.24, 2.45) is 0 Å². The van der Waals surface area contributed by atoms with Crippen molar-refractivity contribution in [1.29, 1.82) is 0 Å². The summed E-state index contributed by atoms with van der Waals surface area (Å²) in [6.45, 7) is 19.2. The number of fused-ring (bicyclic) bond motifs is 2. The number of unbranched alkanes of at least 4 members (excludes halogenated alkanes) is 12. The van der Waals surface area contributed by atoms with Gasteiger partial charge in [-0.3, -0.25) is 0 Å². The fourth-order valence-corrected chi connectivity index (χ4v) is 19.2. The first kappa shape index (κ1) is 47.2. The fourth-order valence-electron chi connectivity index (χ4n) is 8.33. The monoisotopic (exact) mass is 804 g/mol. The summed E-state index contributed by atoms with van der Waals surface area (Å²) < 4.78 is 1.41. The molecule has 0 heterocycles. The molecule has 2 aromatic carbocycles. The van der Waals surface area contributed by atoms with Gasteiger partial charge in [-0.15, -0.1) is 0 Å². The Labute approximate surface area is 340 Å². The van der Waals surface area contributed by atoms with Crippen molar-refractivity contribution in [3.05, 3.63) is 79.4 Å². The third-order valence-corrected chi connectivity index (χ3v) is 20.7. The third kappa shape index (κ3) is 13.1. The van der Waals surface area contributed by atoms with Crippen molar-refractivity contribution < 1.29 is 44.0 Å². The molecule has 5 heteroatoms. The van der Waals surface area contributed by atoms with Crippen LogP contribution in [0.2, 0.25) is 0 Å². The number of hydrogen-bond acceptors (Lipinski definition) is 0. The molecule has 284 valence electrons. The number of rotatable bonds is 24. The van der Waals surface area contributed by atoms with Crippen LogP contribution in [0.3, 0.4) is 0 Å². The molecule has 2 aliphatic rings. The van der Waals surface area contributed by atoms with Crippen molar-refractivity contribution in [1.82, 2.24) is 0 Å². The zero-order valence-corrected chi connectivity index (χ0v) is 38.8. The van der Waals surface area contributed by atoms with Gasteiger partial charge in [0.2, 0.25) is 0 Å². The summed E-state index contributed by atoms with van der Waals surface area (Å²) in [6.07, 6.45) is 33.8. The number of allylic oxidation sites excluding steroid dienone is 2. The summed E-state index contributed by atoms with van der Waals surface area (Å²) in [5, 5.41) is 3.87.